The quantitative estimate of drug-likeness (QED) is 0.862. The SMILES string of the molecule is Cc1ccc(COC(=O)N[C@@H](C)C(=O)OC(C)(C)C)cn1. The molecule has 0 spiro atoms. The van der Waals surface area contributed by atoms with E-state index in [1.54, 1.807) is 33.9 Å². The van der Waals surface area contributed by atoms with E-state index in [1.807, 2.05) is 19.1 Å². The van der Waals surface area contributed by atoms with E-state index < -0.39 is 23.7 Å². The van der Waals surface area contributed by atoms with E-state index in [0.717, 1.165) is 11.3 Å². The first-order valence-electron chi connectivity index (χ1n) is 6.75. The second-order valence-corrected chi connectivity index (χ2v) is 5.78. The van der Waals surface area contributed by atoms with Crippen LogP contribution >= 0.6 is 0 Å². The minimum absolute atomic E-state index is 0.0974. The van der Waals surface area contributed by atoms with E-state index in [2.05, 4.69) is 10.3 Å². The van der Waals surface area contributed by atoms with Crippen molar-refractivity contribution in [3.8, 4) is 0 Å². The summed E-state index contributed by atoms with van der Waals surface area (Å²) in [5, 5.41) is 2.43. The van der Waals surface area contributed by atoms with Gasteiger partial charge in [-0.25, -0.2) is 9.59 Å². The van der Waals surface area contributed by atoms with Crippen LogP contribution in [-0.2, 0) is 20.9 Å². The van der Waals surface area contributed by atoms with Gasteiger partial charge in [0.2, 0.25) is 0 Å². The molecular weight excluding hydrogens is 272 g/mol. The maximum Gasteiger partial charge on any atom is 0.408 e. The summed E-state index contributed by atoms with van der Waals surface area (Å²) in [6.07, 6.45) is 0.967. The van der Waals surface area contributed by atoms with Gasteiger partial charge in [-0.2, -0.15) is 0 Å². The number of alkyl carbamates (subject to hydrolysis) is 1. The maximum absolute atomic E-state index is 11.7. The highest BCUT2D eigenvalue weighted by Crippen LogP contribution is 2.08. The van der Waals surface area contributed by atoms with Crippen LogP contribution in [0.2, 0.25) is 0 Å². The number of aromatic nitrogens is 1. The predicted octanol–water partition coefficient (Wildman–Crippen LogP) is 2.35. The lowest BCUT2D eigenvalue weighted by molar-refractivity contribution is -0.156. The number of carbonyl (C=O) groups excluding carboxylic acids is 2. The van der Waals surface area contributed by atoms with Gasteiger partial charge in [0.25, 0.3) is 0 Å². The van der Waals surface area contributed by atoms with E-state index in [4.69, 9.17) is 9.47 Å². The topological polar surface area (TPSA) is 77.5 Å². The zero-order valence-electron chi connectivity index (χ0n) is 13.1. The van der Waals surface area contributed by atoms with Gasteiger partial charge in [0.15, 0.2) is 0 Å². The summed E-state index contributed by atoms with van der Waals surface area (Å²) in [6, 6.07) is 2.89. The first-order chi connectivity index (χ1) is 9.67. The van der Waals surface area contributed by atoms with E-state index in [1.165, 1.54) is 0 Å². The summed E-state index contributed by atoms with van der Waals surface area (Å²) in [5.74, 6) is -0.503. The van der Waals surface area contributed by atoms with Gasteiger partial charge in [0.05, 0.1) is 0 Å². The van der Waals surface area contributed by atoms with Gasteiger partial charge in [-0.15, -0.1) is 0 Å². The molecule has 1 aromatic rings. The summed E-state index contributed by atoms with van der Waals surface area (Å²) in [7, 11) is 0. The zero-order chi connectivity index (χ0) is 16.0. The molecule has 1 atom stereocenters. The van der Waals surface area contributed by atoms with Crippen molar-refractivity contribution in [3.63, 3.8) is 0 Å². The minimum atomic E-state index is -0.770. The monoisotopic (exact) mass is 294 g/mol. The van der Waals surface area contributed by atoms with Crippen molar-refractivity contribution < 1.29 is 19.1 Å². The van der Waals surface area contributed by atoms with Gasteiger partial charge in [-0.3, -0.25) is 4.98 Å². The normalized spacial score (nSPS) is 12.4. The second kappa shape index (κ2) is 7.06. The van der Waals surface area contributed by atoms with Gasteiger partial charge in [0.1, 0.15) is 18.2 Å². The minimum Gasteiger partial charge on any atom is -0.458 e. The number of nitrogens with one attached hydrogen (secondary N) is 1. The third kappa shape index (κ3) is 6.74. The fourth-order valence-electron chi connectivity index (χ4n) is 1.40. The molecule has 1 rings (SSSR count). The number of ether oxygens (including phenoxy) is 2. The average molecular weight is 294 g/mol. The van der Waals surface area contributed by atoms with Crippen molar-refractivity contribution in [1.82, 2.24) is 10.3 Å². The Morgan fingerprint density at radius 2 is 2.00 bits per heavy atom. The zero-order valence-corrected chi connectivity index (χ0v) is 13.1. The van der Waals surface area contributed by atoms with Crippen molar-refractivity contribution in [1.29, 1.82) is 0 Å². The molecule has 1 N–H and O–H groups in total. The van der Waals surface area contributed by atoms with E-state index >= 15 is 0 Å². The fourth-order valence-corrected chi connectivity index (χ4v) is 1.40. The van der Waals surface area contributed by atoms with Crippen LogP contribution in [0.1, 0.15) is 39.0 Å². The molecule has 0 aliphatic carbocycles. The lowest BCUT2D eigenvalue weighted by atomic mass is 10.2. The van der Waals surface area contributed by atoms with Crippen molar-refractivity contribution >= 4 is 12.1 Å². The third-order valence-corrected chi connectivity index (χ3v) is 2.44. The highest BCUT2D eigenvalue weighted by atomic mass is 16.6. The van der Waals surface area contributed by atoms with Gasteiger partial charge < -0.3 is 14.8 Å². The Bertz CT molecular complexity index is 491. The number of pyridine rings is 1. The van der Waals surface area contributed by atoms with Crippen LogP contribution in [0.25, 0.3) is 0 Å². The first-order valence-corrected chi connectivity index (χ1v) is 6.75. The predicted molar refractivity (Wildman–Crippen MR) is 77.6 cm³/mol. The lowest BCUT2D eigenvalue weighted by Crippen LogP contribution is -2.42. The Balaban J connectivity index is 2.39. The van der Waals surface area contributed by atoms with Crippen molar-refractivity contribution in [2.24, 2.45) is 0 Å². The fraction of sp³-hybridized carbons (Fsp3) is 0.533. The number of hydrogen-bond acceptors (Lipinski definition) is 5. The number of nitrogens with zero attached hydrogens (tertiary/aromatic N) is 1. The Morgan fingerprint density at radius 3 is 2.52 bits per heavy atom. The van der Waals surface area contributed by atoms with Gasteiger partial charge in [-0.05, 0) is 40.7 Å². The standard InChI is InChI=1S/C15H22N2O4/c1-10-6-7-12(8-16-10)9-20-14(19)17-11(2)13(18)21-15(3,4)5/h6-8,11H,9H2,1-5H3,(H,17,19)/t11-/m0/s1. The molecule has 0 saturated carbocycles. The summed E-state index contributed by atoms with van der Waals surface area (Å²) in [6.45, 7) is 8.81. The number of aryl methyl sites for hydroxylation is 1. The van der Waals surface area contributed by atoms with E-state index in [9.17, 15) is 9.59 Å². The lowest BCUT2D eigenvalue weighted by Gasteiger charge is -2.22. The molecule has 0 bridgehead atoms. The summed E-state index contributed by atoms with van der Waals surface area (Å²) in [5.41, 5.74) is 1.08. The number of esters is 1. The Kier molecular flexibility index (Phi) is 5.69. The second-order valence-electron chi connectivity index (χ2n) is 5.78. The molecule has 6 heteroatoms. The van der Waals surface area contributed by atoms with Gasteiger partial charge in [0, 0.05) is 17.5 Å². The molecule has 21 heavy (non-hydrogen) atoms. The summed E-state index contributed by atoms with van der Waals surface area (Å²) < 4.78 is 10.2. The van der Waals surface area contributed by atoms with Crippen molar-refractivity contribution in [2.75, 3.05) is 0 Å². The Hall–Kier alpha value is -2.11. The smallest absolute Gasteiger partial charge is 0.408 e. The Morgan fingerprint density at radius 1 is 1.33 bits per heavy atom. The molecule has 1 heterocycles. The molecule has 0 aliphatic heterocycles. The molecule has 0 aliphatic rings. The highest BCUT2D eigenvalue weighted by Gasteiger charge is 2.23. The van der Waals surface area contributed by atoms with E-state index in [-0.39, 0.29) is 6.61 Å². The molecule has 1 aromatic heterocycles. The van der Waals surface area contributed by atoms with Crippen LogP contribution in [0.5, 0.6) is 0 Å². The number of amides is 1. The average Bonchev–Trinajstić information content (AvgIpc) is 2.36. The molecule has 6 nitrogen and oxygen atoms in total. The van der Waals surface area contributed by atoms with Crippen LogP contribution in [0, 0.1) is 6.92 Å². The van der Waals surface area contributed by atoms with Crippen LogP contribution in [0.3, 0.4) is 0 Å². The van der Waals surface area contributed by atoms with Gasteiger partial charge >= 0.3 is 12.1 Å². The highest BCUT2D eigenvalue weighted by molar-refractivity contribution is 5.81. The van der Waals surface area contributed by atoms with Crippen LogP contribution in [0.15, 0.2) is 18.3 Å². The third-order valence-electron chi connectivity index (χ3n) is 2.44. The maximum atomic E-state index is 11.7. The number of carbonyl (C=O) groups is 2. The molecule has 0 saturated heterocycles. The van der Waals surface area contributed by atoms with Gasteiger partial charge in [-0.1, -0.05) is 6.07 Å². The van der Waals surface area contributed by atoms with Crippen molar-refractivity contribution in [3.05, 3.63) is 29.6 Å². The van der Waals surface area contributed by atoms with E-state index in [0.29, 0.717) is 0 Å². The largest absolute Gasteiger partial charge is 0.458 e. The first kappa shape index (κ1) is 16.9. The van der Waals surface area contributed by atoms with Crippen LogP contribution < -0.4 is 5.32 Å². The van der Waals surface area contributed by atoms with Crippen LogP contribution in [0.4, 0.5) is 4.79 Å². The molecule has 0 radical (unpaired) electrons. The number of hydrogen-bond donors (Lipinski definition) is 1. The molecule has 0 fully saturated rings. The summed E-state index contributed by atoms with van der Waals surface area (Å²) in [4.78, 5) is 27.4. The molecule has 0 aromatic carbocycles. The van der Waals surface area contributed by atoms with Crippen molar-refractivity contribution in [2.45, 2.75) is 52.9 Å². The Labute approximate surface area is 124 Å². The molecule has 1 amide bonds. The number of rotatable bonds is 4. The summed E-state index contributed by atoms with van der Waals surface area (Å²) >= 11 is 0. The van der Waals surface area contributed by atoms with Crippen LogP contribution in [-0.4, -0.2) is 28.7 Å². The molecule has 116 valence electrons. The molecular formula is C15H22N2O4. The molecule has 0 unspecified atom stereocenters.